The highest BCUT2D eigenvalue weighted by molar-refractivity contribution is 5.94. The van der Waals surface area contributed by atoms with Gasteiger partial charge in [-0.1, -0.05) is 0 Å². The van der Waals surface area contributed by atoms with E-state index in [0.29, 0.717) is 41.8 Å². The molecule has 30 heavy (non-hydrogen) atoms. The molecule has 2 aromatic rings. The van der Waals surface area contributed by atoms with Crippen molar-refractivity contribution in [2.24, 2.45) is 0 Å². The van der Waals surface area contributed by atoms with E-state index in [2.05, 4.69) is 16.0 Å². The van der Waals surface area contributed by atoms with Gasteiger partial charge < -0.3 is 30.5 Å². The second-order valence-corrected chi connectivity index (χ2v) is 6.07. The zero-order valence-corrected chi connectivity index (χ0v) is 16.9. The van der Waals surface area contributed by atoms with Gasteiger partial charge in [-0.15, -0.1) is 0 Å². The maximum absolute atomic E-state index is 12.4. The van der Waals surface area contributed by atoms with Crippen LogP contribution >= 0.6 is 0 Å². The molecule has 0 bridgehead atoms. The van der Waals surface area contributed by atoms with Crippen LogP contribution in [0.5, 0.6) is 11.5 Å². The van der Waals surface area contributed by atoms with E-state index in [1.54, 1.807) is 18.2 Å². The van der Waals surface area contributed by atoms with Gasteiger partial charge in [-0.25, -0.2) is 0 Å². The fourth-order valence-corrected chi connectivity index (χ4v) is 2.65. The summed E-state index contributed by atoms with van der Waals surface area (Å²) in [6.07, 6.45) is 0. The number of benzene rings is 2. The van der Waals surface area contributed by atoms with E-state index < -0.39 is 4.92 Å². The summed E-state index contributed by atoms with van der Waals surface area (Å²) in [6, 6.07) is 9.29. The molecule has 2 aromatic carbocycles. The number of non-ortho nitro benzene ring substituents is 1. The first-order valence-electron chi connectivity index (χ1n) is 9.55. The minimum absolute atomic E-state index is 0.100. The van der Waals surface area contributed by atoms with Crippen LogP contribution in [0.15, 0.2) is 36.4 Å². The molecule has 0 saturated carbocycles. The lowest BCUT2D eigenvalue weighted by Crippen LogP contribution is -2.22. The molecule has 10 nitrogen and oxygen atoms in total. The summed E-state index contributed by atoms with van der Waals surface area (Å²) in [5, 5.41) is 28.6. The van der Waals surface area contributed by atoms with Gasteiger partial charge in [-0.2, -0.15) is 0 Å². The average molecular weight is 418 g/mol. The third-order valence-electron chi connectivity index (χ3n) is 3.91. The zero-order chi connectivity index (χ0) is 21.9. The van der Waals surface area contributed by atoms with Crippen LogP contribution in [0, 0.1) is 10.1 Å². The highest BCUT2D eigenvalue weighted by atomic mass is 16.6. The smallest absolute Gasteiger partial charge is 0.271 e. The molecule has 1 amide bonds. The molecular weight excluding hydrogens is 392 g/mol. The SMILES string of the molecule is CCOc1ccc(NC(=O)CNc2cc([N+](=O)[O-])ccc2NCCO)cc1OCC. The second kappa shape index (κ2) is 11.5. The van der Waals surface area contributed by atoms with Crippen molar-refractivity contribution < 1.29 is 24.3 Å². The van der Waals surface area contributed by atoms with Crippen molar-refractivity contribution >= 4 is 28.7 Å². The number of nitro groups is 1. The molecule has 0 spiro atoms. The molecular formula is C20H26N4O6. The van der Waals surface area contributed by atoms with E-state index in [4.69, 9.17) is 14.6 Å². The van der Waals surface area contributed by atoms with E-state index in [1.165, 1.54) is 18.2 Å². The van der Waals surface area contributed by atoms with Gasteiger partial charge in [0.1, 0.15) is 0 Å². The highest BCUT2D eigenvalue weighted by Gasteiger charge is 2.13. The van der Waals surface area contributed by atoms with E-state index in [9.17, 15) is 14.9 Å². The molecule has 0 unspecified atom stereocenters. The standard InChI is InChI=1S/C20H26N4O6/c1-3-29-18-8-5-14(11-19(18)30-4-2)23-20(26)13-22-17-12-15(24(27)28)6-7-16(17)21-9-10-25/h5-8,11-12,21-22,25H,3-4,9-10,13H2,1-2H3,(H,23,26). The number of anilines is 3. The topological polar surface area (TPSA) is 135 Å². The third-order valence-corrected chi connectivity index (χ3v) is 3.91. The van der Waals surface area contributed by atoms with Crippen molar-refractivity contribution in [3.05, 3.63) is 46.5 Å². The Bertz CT molecular complexity index is 874. The van der Waals surface area contributed by atoms with Gasteiger partial charge in [0.25, 0.3) is 5.69 Å². The molecule has 0 heterocycles. The van der Waals surface area contributed by atoms with Gasteiger partial charge in [0, 0.05) is 30.4 Å². The first-order chi connectivity index (χ1) is 14.5. The first-order valence-corrected chi connectivity index (χ1v) is 9.55. The monoisotopic (exact) mass is 418 g/mol. The Labute approximate surface area is 174 Å². The number of nitro benzene ring substituents is 1. The van der Waals surface area contributed by atoms with Crippen LogP contribution in [0.2, 0.25) is 0 Å². The summed E-state index contributed by atoms with van der Waals surface area (Å²) in [4.78, 5) is 22.9. The van der Waals surface area contributed by atoms with E-state index in [1.807, 2.05) is 13.8 Å². The number of hydrogen-bond donors (Lipinski definition) is 4. The van der Waals surface area contributed by atoms with Crippen molar-refractivity contribution in [3.8, 4) is 11.5 Å². The van der Waals surface area contributed by atoms with E-state index >= 15 is 0 Å². The van der Waals surface area contributed by atoms with Crippen molar-refractivity contribution in [2.75, 3.05) is 48.9 Å². The number of rotatable bonds is 12. The van der Waals surface area contributed by atoms with Crippen LogP contribution in [0.1, 0.15) is 13.8 Å². The fraction of sp³-hybridized carbons (Fsp3) is 0.350. The number of amides is 1. The molecule has 0 aliphatic rings. The largest absolute Gasteiger partial charge is 0.490 e. The summed E-state index contributed by atoms with van der Waals surface area (Å²) in [5.41, 5.74) is 1.35. The van der Waals surface area contributed by atoms with Gasteiger partial charge >= 0.3 is 0 Å². The normalized spacial score (nSPS) is 10.2. The average Bonchev–Trinajstić information content (AvgIpc) is 2.73. The number of aliphatic hydroxyl groups excluding tert-OH is 1. The third kappa shape index (κ3) is 6.52. The summed E-state index contributed by atoms with van der Waals surface area (Å²) in [7, 11) is 0. The Morgan fingerprint density at radius 3 is 2.43 bits per heavy atom. The highest BCUT2D eigenvalue weighted by Crippen LogP contribution is 2.31. The number of ether oxygens (including phenoxy) is 2. The van der Waals surface area contributed by atoms with Crippen LogP contribution in [0.3, 0.4) is 0 Å². The quantitative estimate of drug-likeness (QED) is 0.305. The predicted molar refractivity (Wildman–Crippen MR) is 115 cm³/mol. The Kier molecular flexibility index (Phi) is 8.70. The second-order valence-electron chi connectivity index (χ2n) is 6.07. The Balaban J connectivity index is 2.07. The molecule has 0 radical (unpaired) electrons. The molecule has 10 heteroatoms. The van der Waals surface area contributed by atoms with Gasteiger partial charge in [0.15, 0.2) is 11.5 Å². The number of nitrogens with zero attached hydrogens (tertiary/aromatic N) is 1. The lowest BCUT2D eigenvalue weighted by molar-refractivity contribution is -0.384. The molecule has 0 saturated heterocycles. The Hall–Kier alpha value is -3.53. The summed E-state index contributed by atoms with van der Waals surface area (Å²) >= 11 is 0. The minimum Gasteiger partial charge on any atom is -0.490 e. The Morgan fingerprint density at radius 2 is 1.77 bits per heavy atom. The van der Waals surface area contributed by atoms with Crippen molar-refractivity contribution in [1.29, 1.82) is 0 Å². The van der Waals surface area contributed by atoms with E-state index in [-0.39, 0.29) is 31.3 Å². The lowest BCUT2D eigenvalue weighted by Gasteiger charge is -2.15. The summed E-state index contributed by atoms with van der Waals surface area (Å²) < 4.78 is 11.0. The van der Waals surface area contributed by atoms with Crippen LogP contribution in [0.4, 0.5) is 22.7 Å². The lowest BCUT2D eigenvalue weighted by atomic mass is 10.2. The number of carbonyl (C=O) groups is 1. The molecule has 0 aliphatic heterocycles. The van der Waals surface area contributed by atoms with Gasteiger partial charge in [0.2, 0.25) is 5.91 Å². The molecule has 4 N–H and O–H groups in total. The number of nitrogens with one attached hydrogen (secondary N) is 3. The van der Waals surface area contributed by atoms with Crippen molar-refractivity contribution in [1.82, 2.24) is 0 Å². The van der Waals surface area contributed by atoms with Crippen LogP contribution in [-0.2, 0) is 4.79 Å². The molecule has 0 fully saturated rings. The molecule has 162 valence electrons. The number of carbonyl (C=O) groups excluding carboxylic acids is 1. The molecule has 0 aromatic heterocycles. The number of hydrogen-bond acceptors (Lipinski definition) is 8. The first kappa shape index (κ1) is 22.8. The fourth-order valence-electron chi connectivity index (χ4n) is 2.65. The summed E-state index contributed by atoms with van der Waals surface area (Å²) in [6.45, 7) is 4.72. The maximum atomic E-state index is 12.4. The maximum Gasteiger partial charge on any atom is 0.271 e. The summed E-state index contributed by atoms with van der Waals surface area (Å²) in [5.74, 6) is 0.771. The van der Waals surface area contributed by atoms with Gasteiger partial charge in [-0.3, -0.25) is 14.9 Å². The van der Waals surface area contributed by atoms with Crippen molar-refractivity contribution in [3.63, 3.8) is 0 Å². The van der Waals surface area contributed by atoms with Gasteiger partial charge in [-0.05, 0) is 32.0 Å². The van der Waals surface area contributed by atoms with Crippen molar-refractivity contribution in [2.45, 2.75) is 13.8 Å². The number of aliphatic hydroxyl groups is 1. The minimum atomic E-state index is -0.518. The van der Waals surface area contributed by atoms with Crippen LogP contribution in [0.25, 0.3) is 0 Å². The Morgan fingerprint density at radius 1 is 1.03 bits per heavy atom. The molecule has 0 aliphatic carbocycles. The predicted octanol–water partition coefficient (Wildman–Crippen LogP) is 2.85. The molecule has 2 rings (SSSR count). The molecule has 0 atom stereocenters. The van der Waals surface area contributed by atoms with E-state index in [0.717, 1.165) is 0 Å². The van der Waals surface area contributed by atoms with Crippen LogP contribution < -0.4 is 25.4 Å². The zero-order valence-electron chi connectivity index (χ0n) is 16.9. The van der Waals surface area contributed by atoms with Gasteiger partial charge in [0.05, 0.1) is 42.7 Å². The van der Waals surface area contributed by atoms with Crippen LogP contribution in [-0.4, -0.2) is 48.8 Å².